The van der Waals surface area contributed by atoms with E-state index >= 15 is 0 Å². The molecule has 1 aromatic carbocycles. The second-order valence-electron chi connectivity index (χ2n) is 4.32. The Labute approximate surface area is 131 Å². The maximum atomic E-state index is 13.3. The van der Waals surface area contributed by atoms with Crippen molar-refractivity contribution in [2.75, 3.05) is 13.2 Å². The van der Waals surface area contributed by atoms with Crippen molar-refractivity contribution in [2.45, 2.75) is 26.7 Å². The van der Waals surface area contributed by atoms with E-state index in [1.807, 2.05) is 13.8 Å². The van der Waals surface area contributed by atoms with Gasteiger partial charge in [-0.25, -0.2) is 9.07 Å². The predicted molar refractivity (Wildman–Crippen MR) is 79.2 cm³/mol. The molecule has 7 heteroatoms. The third kappa shape index (κ3) is 4.33. The minimum absolute atomic E-state index is 0.282. The first-order valence-electron chi connectivity index (χ1n) is 6.71. The number of hydrogen-bond acceptors (Lipinski definition) is 4. The Morgan fingerprint density at radius 1 is 1.29 bits per heavy atom. The van der Waals surface area contributed by atoms with E-state index in [2.05, 4.69) is 26.2 Å². The fraction of sp³-hybridized carbons (Fsp3) is 0.429. The van der Waals surface area contributed by atoms with Crippen LogP contribution in [0.15, 0.2) is 28.9 Å². The van der Waals surface area contributed by atoms with Gasteiger partial charge in [0.25, 0.3) is 0 Å². The summed E-state index contributed by atoms with van der Waals surface area (Å²) in [5.74, 6) is -0.282. The molecule has 0 radical (unpaired) electrons. The van der Waals surface area contributed by atoms with Crippen LogP contribution in [0.5, 0.6) is 0 Å². The van der Waals surface area contributed by atoms with Crippen LogP contribution >= 0.6 is 15.9 Å². The minimum atomic E-state index is -0.523. The summed E-state index contributed by atoms with van der Waals surface area (Å²) in [7, 11) is 0. The van der Waals surface area contributed by atoms with Crippen LogP contribution in [0.1, 0.15) is 31.4 Å². The predicted octanol–water partition coefficient (Wildman–Crippen LogP) is 3.30. The van der Waals surface area contributed by atoms with Crippen molar-refractivity contribution in [1.29, 1.82) is 0 Å². The van der Waals surface area contributed by atoms with Gasteiger partial charge < -0.3 is 9.47 Å². The van der Waals surface area contributed by atoms with E-state index in [0.717, 1.165) is 10.0 Å². The third-order valence-corrected chi connectivity index (χ3v) is 3.55. The molecule has 0 atom stereocenters. The maximum absolute atomic E-state index is 13.3. The molecule has 1 aromatic heterocycles. The molecule has 0 bridgehead atoms. The lowest BCUT2D eigenvalue weighted by atomic mass is 10.2. The molecule has 2 aromatic rings. The van der Waals surface area contributed by atoms with Gasteiger partial charge in [0.15, 0.2) is 0 Å². The molecule has 0 aliphatic carbocycles. The number of aromatic nitrogens is 3. The average Bonchev–Trinajstić information content (AvgIpc) is 2.91. The number of hydrogen-bond donors (Lipinski definition) is 0. The van der Waals surface area contributed by atoms with Crippen molar-refractivity contribution < 1.29 is 13.9 Å². The lowest BCUT2D eigenvalue weighted by Crippen LogP contribution is -2.09. The highest BCUT2D eigenvalue weighted by molar-refractivity contribution is 9.10. The van der Waals surface area contributed by atoms with E-state index < -0.39 is 6.29 Å². The van der Waals surface area contributed by atoms with Crippen LogP contribution in [-0.4, -0.2) is 28.2 Å². The Balaban J connectivity index is 2.13. The van der Waals surface area contributed by atoms with Crippen LogP contribution in [0.2, 0.25) is 0 Å². The molecule has 0 aliphatic heterocycles. The van der Waals surface area contributed by atoms with Crippen LogP contribution in [0, 0.1) is 5.82 Å². The Kier molecular flexibility index (Phi) is 5.84. The highest BCUT2D eigenvalue weighted by Gasteiger charge is 2.16. The van der Waals surface area contributed by atoms with Crippen molar-refractivity contribution in [3.8, 4) is 0 Å². The van der Waals surface area contributed by atoms with E-state index in [1.165, 1.54) is 12.1 Å². The Hall–Kier alpha value is -1.31. The second-order valence-corrected chi connectivity index (χ2v) is 5.17. The molecule has 0 saturated carbocycles. The number of rotatable bonds is 7. The largest absolute Gasteiger partial charge is 0.347 e. The molecular weight excluding hydrogens is 341 g/mol. The molecule has 5 nitrogen and oxygen atoms in total. The minimum Gasteiger partial charge on any atom is -0.347 e. The smallest absolute Gasteiger partial charge is 0.204 e. The molecule has 0 spiro atoms. The van der Waals surface area contributed by atoms with Crippen molar-refractivity contribution in [3.05, 3.63) is 45.9 Å². The molecule has 0 N–H and O–H groups in total. The van der Waals surface area contributed by atoms with Gasteiger partial charge in [-0.15, -0.1) is 5.10 Å². The molecule has 2 rings (SSSR count). The number of benzene rings is 1. The molecule has 1 heterocycles. The fourth-order valence-corrected chi connectivity index (χ4v) is 2.23. The SMILES string of the molecule is CCOC(OCC)c1cn(Cc2cc(F)ccc2Br)nn1. The molecule has 21 heavy (non-hydrogen) atoms. The van der Waals surface area contributed by atoms with Gasteiger partial charge in [0, 0.05) is 17.7 Å². The van der Waals surface area contributed by atoms with Gasteiger partial charge in [-0.2, -0.15) is 0 Å². The number of nitrogens with zero attached hydrogens (tertiary/aromatic N) is 3. The zero-order chi connectivity index (χ0) is 15.2. The molecular formula is C14H17BrFN3O2. The summed E-state index contributed by atoms with van der Waals surface area (Å²) < 4.78 is 26.7. The monoisotopic (exact) mass is 357 g/mol. The highest BCUT2D eigenvalue weighted by Crippen LogP contribution is 2.20. The van der Waals surface area contributed by atoms with Gasteiger partial charge in [0.1, 0.15) is 11.5 Å². The molecule has 0 saturated heterocycles. The standard InChI is InChI=1S/C14H17BrFN3O2/c1-3-20-14(21-4-2)13-9-19(18-17-13)8-10-7-11(16)5-6-12(10)15/h5-7,9,14H,3-4,8H2,1-2H3. The van der Waals surface area contributed by atoms with E-state index in [-0.39, 0.29) is 5.82 Å². The van der Waals surface area contributed by atoms with Crippen molar-refractivity contribution in [2.24, 2.45) is 0 Å². The highest BCUT2D eigenvalue weighted by atomic mass is 79.9. The quantitative estimate of drug-likeness (QED) is 0.713. The van der Waals surface area contributed by atoms with Gasteiger partial charge >= 0.3 is 0 Å². The normalized spacial score (nSPS) is 11.3. The topological polar surface area (TPSA) is 49.2 Å². The Morgan fingerprint density at radius 3 is 2.67 bits per heavy atom. The van der Waals surface area contributed by atoms with Crippen LogP contribution in [-0.2, 0) is 16.0 Å². The Morgan fingerprint density at radius 2 is 2.00 bits per heavy atom. The first-order valence-corrected chi connectivity index (χ1v) is 7.50. The summed E-state index contributed by atoms with van der Waals surface area (Å²) in [6.07, 6.45) is 1.22. The van der Waals surface area contributed by atoms with Gasteiger partial charge in [-0.05, 0) is 37.6 Å². The van der Waals surface area contributed by atoms with Gasteiger partial charge in [-0.3, -0.25) is 0 Å². The molecule has 0 amide bonds. The maximum Gasteiger partial charge on any atom is 0.204 e. The summed E-state index contributed by atoms with van der Waals surface area (Å²) in [5.41, 5.74) is 1.39. The fourth-order valence-electron chi connectivity index (χ4n) is 1.86. The summed E-state index contributed by atoms with van der Waals surface area (Å²) >= 11 is 3.40. The third-order valence-electron chi connectivity index (χ3n) is 2.77. The zero-order valence-electron chi connectivity index (χ0n) is 11.9. The van der Waals surface area contributed by atoms with E-state index in [4.69, 9.17) is 9.47 Å². The zero-order valence-corrected chi connectivity index (χ0v) is 13.5. The number of halogens is 2. The molecule has 0 unspecified atom stereocenters. The van der Waals surface area contributed by atoms with Gasteiger partial charge in [0.2, 0.25) is 6.29 Å². The summed E-state index contributed by atoms with van der Waals surface area (Å²) in [6.45, 7) is 5.23. The first-order chi connectivity index (χ1) is 10.1. The molecule has 0 aliphatic rings. The van der Waals surface area contributed by atoms with Crippen LogP contribution in [0.4, 0.5) is 4.39 Å². The van der Waals surface area contributed by atoms with Crippen LogP contribution < -0.4 is 0 Å². The summed E-state index contributed by atoms with van der Waals surface area (Å²) in [6, 6.07) is 4.54. The van der Waals surface area contributed by atoms with Gasteiger partial charge in [0.05, 0.1) is 12.7 Å². The number of ether oxygens (including phenoxy) is 2. The van der Waals surface area contributed by atoms with Crippen LogP contribution in [0.25, 0.3) is 0 Å². The van der Waals surface area contributed by atoms with Crippen molar-refractivity contribution in [3.63, 3.8) is 0 Å². The lowest BCUT2D eigenvalue weighted by Gasteiger charge is -2.13. The van der Waals surface area contributed by atoms with Gasteiger partial charge in [-0.1, -0.05) is 21.1 Å². The van der Waals surface area contributed by atoms with Crippen LogP contribution in [0.3, 0.4) is 0 Å². The van der Waals surface area contributed by atoms with Crippen molar-refractivity contribution in [1.82, 2.24) is 15.0 Å². The average molecular weight is 358 g/mol. The van der Waals surface area contributed by atoms with E-state index in [0.29, 0.717) is 25.5 Å². The first kappa shape index (κ1) is 16.1. The van der Waals surface area contributed by atoms with E-state index in [9.17, 15) is 4.39 Å². The second kappa shape index (κ2) is 7.63. The van der Waals surface area contributed by atoms with Crippen molar-refractivity contribution >= 4 is 15.9 Å². The molecule has 0 fully saturated rings. The van der Waals surface area contributed by atoms with E-state index in [1.54, 1.807) is 16.9 Å². The molecule has 114 valence electrons. The summed E-state index contributed by atoms with van der Waals surface area (Å²) in [5, 5.41) is 8.09. The lowest BCUT2D eigenvalue weighted by molar-refractivity contribution is -0.142. The Bertz CT molecular complexity index is 585. The summed E-state index contributed by atoms with van der Waals surface area (Å²) in [4.78, 5) is 0.